The number of carbonyl (C=O) groups excluding carboxylic acids is 2. The Balaban J connectivity index is 1.92. The van der Waals surface area contributed by atoms with E-state index < -0.39 is 5.92 Å². The maximum Gasteiger partial charge on any atom is 0.258 e. The number of hydrogen-bond donors (Lipinski definition) is 0. The predicted octanol–water partition coefficient (Wildman–Crippen LogP) is 0.613. The molecule has 1 aromatic carbocycles. The number of methoxy groups -OCH3 is 1. The van der Waals surface area contributed by atoms with Gasteiger partial charge in [-0.3, -0.25) is 9.59 Å². The minimum Gasteiger partial charge on any atom is -0.496 e. The van der Waals surface area contributed by atoms with Gasteiger partial charge in [0.1, 0.15) is 11.7 Å². The topological polar surface area (TPSA) is 62.3 Å². The van der Waals surface area contributed by atoms with Gasteiger partial charge in [0.25, 0.3) is 11.8 Å². The highest BCUT2D eigenvalue weighted by molar-refractivity contribution is 6.10. The van der Waals surface area contributed by atoms with Crippen LogP contribution in [0.1, 0.15) is 24.0 Å². The smallest absolute Gasteiger partial charge is 0.258 e. The van der Waals surface area contributed by atoms with Gasteiger partial charge in [-0.1, -0.05) is 12.0 Å². The summed E-state index contributed by atoms with van der Waals surface area (Å²) in [5.74, 6) is 4.96. The van der Waals surface area contributed by atoms with E-state index in [4.69, 9.17) is 9.57 Å². The van der Waals surface area contributed by atoms with E-state index in [1.807, 2.05) is 0 Å². The summed E-state index contributed by atoms with van der Waals surface area (Å²) in [6.45, 7) is 3.69. The molecule has 7 nitrogen and oxygen atoms in total. The molecule has 132 valence electrons. The molecule has 0 atom stereocenters. The summed E-state index contributed by atoms with van der Waals surface area (Å²) in [7, 11) is 3.12. The van der Waals surface area contributed by atoms with Crippen molar-refractivity contribution < 1.29 is 19.2 Å². The average molecular weight is 343 g/mol. The fourth-order valence-electron chi connectivity index (χ4n) is 3.25. The van der Waals surface area contributed by atoms with Gasteiger partial charge in [0.05, 0.1) is 27.3 Å². The van der Waals surface area contributed by atoms with E-state index >= 15 is 0 Å². The number of rotatable bonds is 3. The van der Waals surface area contributed by atoms with Crippen molar-refractivity contribution in [3.63, 3.8) is 0 Å². The lowest BCUT2D eigenvalue weighted by Crippen LogP contribution is -2.41. The molecule has 7 heteroatoms. The van der Waals surface area contributed by atoms with Crippen molar-refractivity contribution in [2.45, 2.75) is 12.8 Å². The van der Waals surface area contributed by atoms with Crippen LogP contribution < -0.4 is 4.74 Å². The minimum absolute atomic E-state index is 0.226. The van der Waals surface area contributed by atoms with Gasteiger partial charge >= 0.3 is 0 Å². The monoisotopic (exact) mass is 343 g/mol. The molecule has 0 saturated carbocycles. The standard InChI is InChI=1S/C18H21N3O4/c1-4-5-13-6-7-14(15(12-13)24-2)16-17(22)20-10-8-19(25-3)9-11-21(20)18(16)23/h6-7,12,16H,8-11H2,1-3H3. The summed E-state index contributed by atoms with van der Waals surface area (Å²) in [6, 6.07) is 5.33. The maximum atomic E-state index is 12.9. The van der Waals surface area contributed by atoms with E-state index in [1.54, 1.807) is 37.3 Å². The quantitative estimate of drug-likeness (QED) is 0.595. The number of benzene rings is 1. The zero-order valence-corrected chi connectivity index (χ0v) is 14.6. The van der Waals surface area contributed by atoms with Crippen LogP contribution in [0.5, 0.6) is 5.75 Å². The van der Waals surface area contributed by atoms with E-state index in [0.29, 0.717) is 37.5 Å². The summed E-state index contributed by atoms with van der Waals surface area (Å²) in [5.41, 5.74) is 1.36. The fraction of sp³-hybridized carbons (Fsp3) is 0.444. The predicted molar refractivity (Wildman–Crippen MR) is 90.3 cm³/mol. The van der Waals surface area contributed by atoms with Crippen molar-refractivity contribution in [3.8, 4) is 17.6 Å². The first-order valence-corrected chi connectivity index (χ1v) is 8.13. The van der Waals surface area contributed by atoms with Crippen molar-refractivity contribution in [1.82, 2.24) is 15.1 Å². The maximum absolute atomic E-state index is 12.9. The van der Waals surface area contributed by atoms with Gasteiger partial charge in [-0.25, -0.2) is 10.0 Å². The highest BCUT2D eigenvalue weighted by atomic mass is 16.7. The van der Waals surface area contributed by atoms with Crippen LogP contribution in [0.2, 0.25) is 0 Å². The molecule has 3 rings (SSSR count). The van der Waals surface area contributed by atoms with Crippen molar-refractivity contribution in [3.05, 3.63) is 29.3 Å². The summed E-state index contributed by atoms with van der Waals surface area (Å²) < 4.78 is 5.42. The first kappa shape index (κ1) is 17.3. The molecule has 2 amide bonds. The first-order chi connectivity index (χ1) is 12.1. The number of nitrogens with zero attached hydrogens (tertiary/aromatic N) is 3. The van der Waals surface area contributed by atoms with Crippen LogP contribution in [-0.4, -0.2) is 67.3 Å². The molecular formula is C18H21N3O4. The van der Waals surface area contributed by atoms with Gasteiger partial charge in [0.15, 0.2) is 0 Å². The van der Waals surface area contributed by atoms with Crippen LogP contribution in [0.15, 0.2) is 18.2 Å². The molecule has 25 heavy (non-hydrogen) atoms. The molecular weight excluding hydrogens is 322 g/mol. The lowest BCUT2D eigenvalue weighted by atomic mass is 9.96. The summed E-state index contributed by atoms with van der Waals surface area (Å²) >= 11 is 0. The summed E-state index contributed by atoms with van der Waals surface area (Å²) in [5, 5.41) is 4.78. The SMILES string of the molecule is CC#Cc1ccc(C2C(=O)N3CCN(OC)CCN3C2=O)c(OC)c1. The molecule has 0 N–H and O–H groups in total. The molecule has 2 aliphatic rings. The Morgan fingerprint density at radius 3 is 2.20 bits per heavy atom. The lowest BCUT2D eigenvalue weighted by Gasteiger charge is -2.23. The number of ether oxygens (including phenoxy) is 1. The van der Waals surface area contributed by atoms with E-state index in [9.17, 15) is 9.59 Å². The van der Waals surface area contributed by atoms with Crippen LogP contribution in [-0.2, 0) is 14.4 Å². The summed E-state index contributed by atoms with van der Waals surface area (Å²) in [6.07, 6.45) is 0. The molecule has 2 heterocycles. The zero-order valence-electron chi connectivity index (χ0n) is 14.6. The number of hydrazine groups is 1. The molecule has 2 aliphatic heterocycles. The van der Waals surface area contributed by atoms with Crippen molar-refractivity contribution >= 4 is 11.8 Å². The Kier molecular flexibility index (Phi) is 4.93. The van der Waals surface area contributed by atoms with Gasteiger partial charge in [-0.2, -0.15) is 5.06 Å². The molecule has 0 aromatic heterocycles. The van der Waals surface area contributed by atoms with Crippen LogP contribution in [0, 0.1) is 11.8 Å². The zero-order chi connectivity index (χ0) is 18.0. The molecule has 2 saturated heterocycles. The molecule has 0 spiro atoms. The Morgan fingerprint density at radius 1 is 1.04 bits per heavy atom. The minimum atomic E-state index is -0.868. The molecule has 0 radical (unpaired) electrons. The molecule has 0 bridgehead atoms. The van der Waals surface area contributed by atoms with E-state index in [0.717, 1.165) is 5.56 Å². The molecule has 1 aromatic rings. The normalized spacial score (nSPS) is 18.7. The van der Waals surface area contributed by atoms with Gasteiger partial charge < -0.3 is 9.57 Å². The highest BCUT2D eigenvalue weighted by Crippen LogP contribution is 2.35. The Morgan fingerprint density at radius 2 is 1.68 bits per heavy atom. The number of hydroxylamine groups is 2. The van der Waals surface area contributed by atoms with E-state index in [2.05, 4.69) is 11.8 Å². The van der Waals surface area contributed by atoms with Crippen molar-refractivity contribution in [2.75, 3.05) is 40.4 Å². The van der Waals surface area contributed by atoms with Gasteiger partial charge in [0.2, 0.25) is 0 Å². The van der Waals surface area contributed by atoms with Crippen LogP contribution in [0.3, 0.4) is 0 Å². The third-order valence-electron chi connectivity index (χ3n) is 4.49. The average Bonchev–Trinajstić information content (AvgIpc) is 2.78. The molecule has 0 aliphatic carbocycles. The Hall–Kier alpha value is -2.56. The fourth-order valence-corrected chi connectivity index (χ4v) is 3.25. The van der Waals surface area contributed by atoms with E-state index in [-0.39, 0.29) is 11.8 Å². The second-order valence-electron chi connectivity index (χ2n) is 5.80. The van der Waals surface area contributed by atoms with Gasteiger partial charge in [-0.05, 0) is 19.1 Å². The highest BCUT2D eigenvalue weighted by Gasteiger charge is 2.48. The molecule has 0 unspecified atom stereocenters. The van der Waals surface area contributed by atoms with Crippen molar-refractivity contribution in [1.29, 1.82) is 0 Å². The second-order valence-corrected chi connectivity index (χ2v) is 5.80. The van der Waals surface area contributed by atoms with Gasteiger partial charge in [-0.15, -0.1) is 5.92 Å². The largest absolute Gasteiger partial charge is 0.496 e. The third kappa shape index (κ3) is 3.06. The van der Waals surface area contributed by atoms with Crippen LogP contribution >= 0.6 is 0 Å². The Bertz CT molecular complexity index is 726. The Labute approximate surface area is 147 Å². The second kappa shape index (κ2) is 7.13. The third-order valence-corrected chi connectivity index (χ3v) is 4.49. The first-order valence-electron chi connectivity index (χ1n) is 8.13. The number of amides is 2. The lowest BCUT2D eigenvalue weighted by molar-refractivity contribution is -0.145. The van der Waals surface area contributed by atoms with Crippen molar-refractivity contribution in [2.24, 2.45) is 0 Å². The number of fused-ring (bicyclic) bond motifs is 1. The van der Waals surface area contributed by atoms with Crippen LogP contribution in [0.25, 0.3) is 0 Å². The number of hydrogen-bond acceptors (Lipinski definition) is 5. The molecule has 2 fully saturated rings. The van der Waals surface area contributed by atoms with E-state index in [1.165, 1.54) is 17.1 Å². The van der Waals surface area contributed by atoms with Gasteiger partial charge in [0, 0.05) is 24.2 Å². The van der Waals surface area contributed by atoms with Crippen LogP contribution in [0.4, 0.5) is 0 Å². The summed E-state index contributed by atoms with van der Waals surface area (Å²) in [4.78, 5) is 31.0. The number of carbonyl (C=O) groups is 2.